The fourth-order valence-corrected chi connectivity index (χ4v) is 1.70. The van der Waals surface area contributed by atoms with Crippen molar-refractivity contribution >= 4 is 5.82 Å². The number of nitrogen functional groups attached to an aromatic ring is 1. The molecule has 18 heavy (non-hydrogen) atoms. The monoisotopic (exact) mass is 247 g/mol. The summed E-state index contributed by atoms with van der Waals surface area (Å²) in [6, 6.07) is 4.02. The summed E-state index contributed by atoms with van der Waals surface area (Å²) < 4.78 is 13.3. The van der Waals surface area contributed by atoms with Crippen LogP contribution in [0.25, 0.3) is 11.4 Å². The minimum Gasteiger partial charge on any atom is -0.505 e. The van der Waals surface area contributed by atoms with Crippen LogP contribution in [0, 0.1) is 12.7 Å². The molecule has 0 saturated heterocycles. The summed E-state index contributed by atoms with van der Waals surface area (Å²) in [4.78, 5) is 8.49. The predicted molar refractivity (Wildman–Crippen MR) is 67.6 cm³/mol. The quantitative estimate of drug-likeness (QED) is 0.855. The number of halogens is 1. The third-order valence-electron chi connectivity index (χ3n) is 2.83. The number of rotatable bonds is 2. The van der Waals surface area contributed by atoms with Crippen LogP contribution in [-0.4, -0.2) is 15.1 Å². The molecule has 0 atom stereocenters. The molecule has 0 unspecified atom stereocenters. The van der Waals surface area contributed by atoms with Crippen molar-refractivity contribution < 1.29 is 9.50 Å². The third-order valence-corrected chi connectivity index (χ3v) is 2.83. The molecule has 5 heteroatoms. The van der Waals surface area contributed by atoms with E-state index >= 15 is 0 Å². The van der Waals surface area contributed by atoms with Gasteiger partial charge in [-0.2, -0.15) is 0 Å². The molecule has 0 fully saturated rings. The van der Waals surface area contributed by atoms with Crippen molar-refractivity contribution in [2.75, 3.05) is 5.73 Å². The minimum absolute atomic E-state index is 0.369. The van der Waals surface area contributed by atoms with Crippen LogP contribution < -0.4 is 5.73 Å². The lowest BCUT2D eigenvalue weighted by Crippen LogP contribution is -2.04. The second-order valence-electron chi connectivity index (χ2n) is 4.02. The summed E-state index contributed by atoms with van der Waals surface area (Å²) in [6.45, 7) is 3.82. The largest absolute Gasteiger partial charge is 0.505 e. The zero-order valence-corrected chi connectivity index (χ0v) is 10.2. The molecule has 0 aliphatic rings. The van der Waals surface area contributed by atoms with Gasteiger partial charge in [0.05, 0.1) is 0 Å². The lowest BCUT2D eigenvalue weighted by molar-refractivity contribution is 0.432. The number of aromatic nitrogens is 2. The molecular weight excluding hydrogens is 233 g/mol. The smallest absolute Gasteiger partial charge is 0.165 e. The Kier molecular flexibility index (Phi) is 3.14. The molecule has 94 valence electrons. The number of anilines is 1. The van der Waals surface area contributed by atoms with Crippen molar-refractivity contribution in [2.24, 2.45) is 0 Å². The summed E-state index contributed by atoms with van der Waals surface area (Å²) in [5.41, 5.74) is 7.99. The number of benzene rings is 1. The summed E-state index contributed by atoms with van der Waals surface area (Å²) in [7, 11) is 0. The van der Waals surface area contributed by atoms with E-state index in [2.05, 4.69) is 9.97 Å². The van der Waals surface area contributed by atoms with Crippen molar-refractivity contribution in [1.29, 1.82) is 0 Å². The van der Waals surface area contributed by atoms with Crippen molar-refractivity contribution in [3.63, 3.8) is 0 Å². The molecule has 1 aromatic carbocycles. The Bertz CT molecular complexity index is 599. The van der Waals surface area contributed by atoms with E-state index < -0.39 is 11.6 Å². The predicted octanol–water partition coefficient (Wildman–Crippen LogP) is 2.44. The standard InChI is InChI=1S/C13H14FN3O/c1-3-10-7(2)12(15)17-13(16-10)8-4-5-11(18)9(14)6-8/h4-6,18H,3H2,1-2H3,(H2,15,16,17). The van der Waals surface area contributed by atoms with E-state index in [1.54, 1.807) is 6.07 Å². The lowest BCUT2D eigenvalue weighted by atomic mass is 10.1. The molecule has 2 aromatic rings. The topological polar surface area (TPSA) is 72.0 Å². The molecule has 3 N–H and O–H groups in total. The minimum atomic E-state index is -0.701. The van der Waals surface area contributed by atoms with Crippen LogP contribution >= 0.6 is 0 Å². The van der Waals surface area contributed by atoms with Gasteiger partial charge in [0.15, 0.2) is 17.4 Å². The summed E-state index contributed by atoms with van der Waals surface area (Å²) >= 11 is 0. The van der Waals surface area contributed by atoms with Gasteiger partial charge < -0.3 is 10.8 Å². The van der Waals surface area contributed by atoms with Crippen LogP contribution in [0.3, 0.4) is 0 Å². The number of phenolic OH excluding ortho intramolecular Hbond substituents is 1. The summed E-state index contributed by atoms with van der Waals surface area (Å²) in [5, 5.41) is 9.15. The molecule has 0 spiro atoms. The fraction of sp³-hybridized carbons (Fsp3) is 0.231. The highest BCUT2D eigenvalue weighted by molar-refractivity contribution is 5.59. The van der Waals surface area contributed by atoms with Gasteiger partial charge in [-0.05, 0) is 31.5 Å². The maximum absolute atomic E-state index is 13.3. The molecule has 1 heterocycles. The van der Waals surface area contributed by atoms with Gasteiger partial charge in [0.2, 0.25) is 0 Å². The van der Waals surface area contributed by atoms with Crippen molar-refractivity contribution in [3.05, 3.63) is 35.3 Å². The first-order valence-corrected chi connectivity index (χ1v) is 5.64. The van der Waals surface area contributed by atoms with Gasteiger partial charge in [-0.15, -0.1) is 0 Å². The Labute approximate surface area is 104 Å². The van der Waals surface area contributed by atoms with E-state index in [1.165, 1.54) is 12.1 Å². The lowest BCUT2D eigenvalue weighted by Gasteiger charge is -2.08. The number of hydrogen-bond acceptors (Lipinski definition) is 4. The van der Waals surface area contributed by atoms with Crippen molar-refractivity contribution in [2.45, 2.75) is 20.3 Å². The zero-order valence-electron chi connectivity index (χ0n) is 10.2. The zero-order chi connectivity index (χ0) is 13.3. The van der Waals surface area contributed by atoms with Crippen LogP contribution in [0.1, 0.15) is 18.2 Å². The molecule has 0 aliphatic carbocycles. The van der Waals surface area contributed by atoms with Crippen LogP contribution in [0.15, 0.2) is 18.2 Å². The van der Waals surface area contributed by atoms with E-state index in [1.807, 2.05) is 13.8 Å². The van der Waals surface area contributed by atoms with Gasteiger partial charge in [0, 0.05) is 16.8 Å². The molecule has 0 radical (unpaired) electrons. The molecule has 2 rings (SSSR count). The fourth-order valence-electron chi connectivity index (χ4n) is 1.70. The van der Waals surface area contributed by atoms with Crippen LogP contribution in [0.5, 0.6) is 5.75 Å². The Balaban J connectivity index is 2.57. The van der Waals surface area contributed by atoms with Gasteiger partial charge in [-0.1, -0.05) is 6.92 Å². The number of phenols is 1. The maximum atomic E-state index is 13.3. The SMILES string of the molecule is CCc1nc(-c2ccc(O)c(F)c2)nc(N)c1C. The first-order valence-electron chi connectivity index (χ1n) is 5.64. The first kappa shape index (κ1) is 12.3. The van der Waals surface area contributed by atoms with Gasteiger partial charge in [-0.3, -0.25) is 0 Å². The average Bonchev–Trinajstić information content (AvgIpc) is 2.36. The second kappa shape index (κ2) is 4.60. The number of nitrogens with zero attached hydrogens (tertiary/aromatic N) is 2. The van der Waals surface area contributed by atoms with Crippen LogP contribution in [-0.2, 0) is 6.42 Å². The van der Waals surface area contributed by atoms with Gasteiger partial charge in [0.1, 0.15) is 5.82 Å². The highest BCUT2D eigenvalue weighted by Gasteiger charge is 2.10. The van der Waals surface area contributed by atoms with E-state index in [0.717, 1.165) is 17.7 Å². The highest BCUT2D eigenvalue weighted by Crippen LogP contribution is 2.24. The van der Waals surface area contributed by atoms with Crippen LogP contribution in [0.2, 0.25) is 0 Å². The highest BCUT2D eigenvalue weighted by atomic mass is 19.1. The second-order valence-corrected chi connectivity index (χ2v) is 4.02. The van der Waals surface area contributed by atoms with Crippen LogP contribution in [0.4, 0.5) is 10.2 Å². The van der Waals surface area contributed by atoms with E-state index in [-0.39, 0.29) is 0 Å². The Morgan fingerprint density at radius 3 is 2.67 bits per heavy atom. The molecule has 4 nitrogen and oxygen atoms in total. The summed E-state index contributed by atoms with van der Waals surface area (Å²) in [5.74, 6) is -0.331. The van der Waals surface area contributed by atoms with Gasteiger partial charge >= 0.3 is 0 Å². The van der Waals surface area contributed by atoms with E-state index in [9.17, 15) is 4.39 Å². The van der Waals surface area contributed by atoms with Crippen molar-refractivity contribution in [1.82, 2.24) is 9.97 Å². The molecule has 0 saturated carbocycles. The number of aryl methyl sites for hydroxylation is 1. The molecule has 1 aromatic heterocycles. The molecule has 0 amide bonds. The number of hydrogen-bond donors (Lipinski definition) is 2. The van der Waals surface area contributed by atoms with Crippen molar-refractivity contribution in [3.8, 4) is 17.1 Å². The third kappa shape index (κ3) is 2.11. The summed E-state index contributed by atoms with van der Waals surface area (Å²) in [6.07, 6.45) is 0.728. The number of aromatic hydroxyl groups is 1. The Hall–Kier alpha value is -2.17. The van der Waals surface area contributed by atoms with Gasteiger partial charge in [-0.25, -0.2) is 14.4 Å². The normalized spacial score (nSPS) is 10.6. The van der Waals surface area contributed by atoms with E-state index in [0.29, 0.717) is 17.2 Å². The molecule has 0 bridgehead atoms. The molecular formula is C13H14FN3O. The Morgan fingerprint density at radius 2 is 2.06 bits per heavy atom. The van der Waals surface area contributed by atoms with E-state index in [4.69, 9.17) is 10.8 Å². The molecule has 0 aliphatic heterocycles. The number of nitrogens with two attached hydrogens (primary N) is 1. The Morgan fingerprint density at radius 1 is 1.33 bits per heavy atom. The first-order chi connectivity index (χ1) is 8.52. The maximum Gasteiger partial charge on any atom is 0.165 e. The average molecular weight is 247 g/mol. The van der Waals surface area contributed by atoms with Gasteiger partial charge in [0.25, 0.3) is 0 Å².